The van der Waals surface area contributed by atoms with Crippen molar-refractivity contribution >= 4 is 39.1 Å². The van der Waals surface area contributed by atoms with E-state index in [9.17, 15) is 9.90 Å². The van der Waals surface area contributed by atoms with Gasteiger partial charge in [0.15, 0.2) is 0 Å². The van der Waals surface area contributed by atoms with E-state index >= 15 is 0 Å². The van der Waals surface area contributed by atoms with Crippen LogP contribution >= 0.6 is 11.8 Å². The lowest BCUT2D eigenvalue weighted by molar-refractivity contribution is 0.465. The molecular formula is C22H20N2O2S. The molecule has 1 aromatic heterocycles. The van der Waals surface area contributed by atoms with Gasteiger partial charge >= 0.3 is 0 Å². The average molecular weight is 376 g/mol. The molecule has 4 aromatic rings. The maximum atomic E-state index is 12.9. The Balaban J connectivity index is 1.94. The number of para-hydroxylation sites is 1. The van der Waals surface area contributed by atoms with E-state index in [-0.39, 0.29) is 11.3 Å². The van der Waals surface area contributed by atoms with Gasteiger partial charge in [0.2, 0.25) is 0 Å². The number of pyridine rings is 1. The summed E-state index contributed by atoms with van der Waals surface area (Å²) in [4.78, 5) is 16.3. The van der Waals surface area contributed by atoms with E-state index in [4.69, 9.17) is 0 Å². The third-order valence-corrected chi connectivity index (χ3v) is 5.94. The molecule has 0 saturated heterocycles. The summed E-state index contributed by atoms with van der Waals surface area (Å²) in [5.41, 5.74) is 1.64. The van der Waals surface area contributed by atoms with Crippen molar-refractivity contribution in [2.75, 3.05) is 19.0 Å². The van der Waals surface area contributed by atoms with Crippen LogP contribution in [0.2, 0.25) is 0 Å². The number of anilines is 1. The summed E-state index contributed by atoms with van der Waals surface area (Å²) >= 11 is 1.32. The SMILES string of the molecule is CN(C)c1cccc2c(Sc3c(O)c4ccccc4n(C)c3=O)cccc12. The minimum absolute atomic E-state index is 0.0412. The largest absolute Gasteiger partial charge is 0.506 e. The minimum atomic E-state index is -0.197. The Morgan fingerprint density at radius 3 is 2.33 bits per heavy atom. The lowest BCUT2D eigenvalue weighted by atomic mass is 10.1. The number of aromatic hydroxyl groups is 1. The molecule has 4 nitrogen and oxygen atoms in total. The summed E-state index contributed by atoms with van der Waals surface area (Å²) in [6.45, 7) is 0. The van der Waals surface area contributed by atoms with Gasteiger partial charge in [-0.15, -0.1) is 0 Å². The maximum Gasteiger partial charge on any atom is 0.268 e. The van der Waals surface area contributed by atoms with Crippen LogP contribution in [0.1, 0.15) is 0 Å². The number of fused-ring (bicyclic) bond motifs is 2. The standard InChI is InChI=1S/C22H20N2O2S/c1-23(2)17-12-6-10-15-14(17)9-7-13-19(15)27-21-20(25)16-8-4-5-11-18(16)24(3)22(21)26/h4-13,25H,1-3H3. The van der Waals surface area contributed by atoms with Gasteiger partial charge in [0.25, 0.3) is 5.56 Å². The van der Waals surface area contributed by atoms with Crippen molar-refractivity contribution in [2.24, 2.45) is 7.05 Å². The molecular weight excluding hydrogens is 356 g/mol. The summed E-state index contributed by atoms with van der Waals surface area (Å²) in [7, 11) is 5.76. The highest BCUT2D eigenvalue weighted by molar-refractivity contribution is 7.99. The molecule has 0 fully saturated rings. The van der Waals surface area contributed by atoms with Crippen LogP contribution in [0.25, 0.3) is 21.7 Å². The monoisotopic (exact) mass is 376 g/mol. The predicted molar refractivity (Wildman–Crippen MR) is 113 cm³/mol. The van der Waals surface area contributed by atoms with Crippen LogP contribution in [-0.4, -0.2) is 23.8 Å². The lowest BCUT2D eigenvalue weighted by Crippen LogP contribution is -2.18. The fourth-order valence-corrected chi connectivity index (χ4v) is 4.48. The van der Waals surface area contributed by atoms with Crippen LogP contribution in [0.15, 0.2) is 75.2 Å². The van der Waals surface area contributed by atoms with Gasteiger partial charge in [0.1, 0.15) is 10.6 Å². The van der Waals surface area contributed by atoms with Crippen molar-refractivity contribution in [1.82, 2.24) is 4.57 Å². The molecule has 0 spiro atoms. The first kappa shape index (κ1) is 17.5. The van der Waals surface area contributed by atoms with Crippen molar-refractivity contribution in [3.05, 3.63) is 71.0 Å². The van der Waals surface area contributed by atoms with E-state index in [1.54, 1.807) is 11.6 Å². The molecule has 136 valence electrons. The molecule has 27 heavy (non-hydrogen) atoms. The van der Waals surface area contributed by atoms with Gasteiger partial charge in [-0.1, -0.05) is 48.2 Å². The van der Waals surface area contributed by atoms with Crippen molar-refractivity contribution in [3.8, 4) is 5.75 Å². The van der Waals surface area contributed by atoms with Gasteiger partial charge in [-0.25, -0.2) is 0 Å². The molecule has 0 aliphatic carbocycles. The van der Waals surface area contributed by atoms with E-state index in [2.05, 4.69) is 17.0 Å². The zero-order chi connectivity index (χ0) is 19.1. The number of rotatable bonds is 3. The van der Waals surface area contributed by atoms with E-state index < -0.39 is 0 Å². The van der Waals surface area contributed by atoms with Gasteiger partial charge in [-0.05, 0) is 29.7 Å². The zero-order valence-corrected chi connectivity index (χ0v) is 16.2. The van der Waals surface area contributed by atoms with Crippen LogP contribution in [0.5, 0.6) is 5.75 Å². The Morgan fingerprint density at radius 1 is 0.889 bits per heavy atom. The first-order valence-corrected chi connectivity index (χ1v) is 9.48. The average Bonchev–Trinajstić information content (AvgIpc) is 2.69. The number of aryl methyl sites for hydroxylation is 1. The third kappa shape index (κ3) is 2.84. The van der Waals surface area contributed by atoms with Gasteiger partial charge in [-0.3, -0.25) is 4.79 Å². The van der Waals surface area contributed by atoms with Gasteiger partial charge < -0.3 is 14.6 Å². The highest BCUT2D eigenvalue weighted by Gasteiger charge is 2.17. The second-order valence-electron chi connectivity index (χ2n) is 6.68. The minimum Gasteiger partial charge on any atom is -0.506 e. The first-order chi connectivity index (χ1) is 13.0. The molecule has 0 bridgehead atoms. The van der Waals surface area contributed by atoms with Crippen LogP contribution in [-0.2, 0) is 7.05 Å². The summed E-state index contributed by atoms with van der Waals surface area (Å²) in [6, 6.07) is 19.6. The summed E-state index contributed by atoms with van der Waals surface area (Å²) < 4.78 is 1.59. The molecule has 0 saturated carbocycles. The second-order valence-corrected chi connectivity index (χ2v) is 7.74. The van der Waals surface area contributed by atoms with E-state index in [0.29, 0.717) is 10.3 Å². The van der Waals surface area contributed by atoms with Crippen LogP contribution in [0, 0.1) is 0 Å². The Morgan fingerprint density at radius 2 is 1.56 bits per heavy atom. The number of aromatic nitrogens is 1. The zero-order valence-electron chi connectivity index (χ0n) is 15.4. The number of hydrogen-bond donors (Lipinski definition) is 1. The smallest absolute Gasteiger partial charge is 0.268 e. The Hall–Kier alpha value is -2.92. The molecule has 0 unspecified atom stereocenters. The summed E-state index contributed by atoms with van der Waals surface area (Å²) in [5, 5.41) is 13.6. The van der Waals surface area contributed by atoms with Crippen molar-refractivity contribution < 1.29 is 5.11 Å². The van der Waals surface area contributed by atoms with Crippen LogP contribution in [0.4, 0.5) is 5.69 Å². The predicted octanol–water partition coefficient (Wildman–Crippen LogP) is 4.61. The molecule has 0 atom stereocenters. The molecule has 5 heteroatoms. The van der Waals surface area contributed by atoms with Gasteiger partial charge in [0, 0.05) is 42.5 Å². The van der Waals surface area contributed by atoms with Crippen molar-refractivity contribution in [3.63, 3.8) is 0 Å². The molecule has 0 radical (unpaired) electrons. The topological polar surface area (TPSA) is 45.5 Å². The molecule has 3 aromatic carbocycles. The molecule has 0 aliphatic rings. The van der Waals surface area contributed by atoms with E-state index in [1.807, 2.05) is 62.6 Å². The van der Waals surface area contributed by atoms with Crippen molar-refractivity contribution in [2.45, 2.75) is 9.79 Å². The normalized spacial score (nSPS) is 11.2. The van der Waals surface area contributed by atoms with Crippen molar-refractivity contribution in [1.29, 1.82) is 0 Å². The van der Waals surface area contributed by atoms with Crippen LogP contribution in [0.3, 0.4) is 0 Å². The number of hydrogen-bond acceptors (Lipinski definition) is 4. The Bertz CT molecular complexity index is 1230. The van der Waals surface area contributed by atoms with Gasteiger partial charge in [-0.2, -0.15) is 0 Å². The summed E-state index contributed by atoms with van der Waals surface area (Å²) in [6.07, 6.45) is 0. The summed E-state index contributed by atoms with van der Waals surface area (Å²) in [5.74, 6) is 0.0412. The lowest BCUT2D eigenvalue weighted by Gasteiger charge is -2.17. The Kier molecular flexibility index (Phi) is 4.32. The Labute approximate surface area is 161 Å². The number of nitrogens with zero attached hydrogens (tertiary/aromatic N) is 2. The van der Waals surface area contributed by atoms with Gasteiger partial charge in [0.05, 0.1) is 5.52 Å². The molecule has 0 aliphatic heterocycles. The maximum absolute atomic E-state index is 12.9. The molecule has 4 rings (SSSR count). The molecule has 0 amide bonds. The molecule has 1 heterocycles. The second kappa shape index (κ2) is 6.67. The highest BCUT2D eigenvalue weighted by atomic mass is 32.2. The van der Waals surface area contributed by atoms with E-state index in [0.717, 1.165) is 26.9 Å². The highest BCUT2D eigenvalue weighted by Crippen LogP contribution is 2.40. The third-order valence-electron chi connectivity index (χ3n) is 4.79. The quantitative estimate of drug-likeness (QED) is 0.567. The number of benzene rings is 3. The van der Waals surface area contributed by atoms with E-state index in [1.165, 1.54) is 11.8 Å². The van der Waals surface area contributed by atoms with Crippen LogP contribution < -0.4 is 10.5 Å². The fourth-order valence-electron chi connectivity index (χ4n) is 3.40. The molecule has 1 N–H and O–H groups in total. The fraction of sp³-hybridized carbons (Fsp3) is 0.136. The first-order valence-electron chi connectivity index (χ1n) is 8.66.